The number of hydrogen-bond acceptors (Lipinski definition) is 2. The van der Waals surface area contributed by atoms with Crippen LogP contribution in [0.15, 0.2) is 218 Å². The summed E-state index contributed by atoms with van der Waals surface area (Å²) in [5, 5.41) is 13.3. The second kappa shape index (κ2) is 15.1. The van der Waals surface area contributed by atoms with E-state index in [-0.39, 0.29) is 5.41 Å². The largest absolute Gasteiger partial charge is 0.311 e. The molecule has 0 spiro atoms. The zero-order chi connectivity index (χ0) is 48.0. The summed E-state index contributed by atoms with van der Waals surface area (Å²) in [6.07, 6.45) is 0. The molecule has 2 heterocycles. The summed E-state index contributed by atoms with van der Waals surface area (Å²) >= 11 is 0. The first kappa shape index (κ1) is 42.1. The van der Waals surface area contributed by atoms with E-state index >= 15 is 0 Å². The van der Waals surface area contributed by atoms with Gasteiger partial charge in [-0.25, -0.2) is 0 Å². The summed E-state index contributed by atoms with van der Waals surface area (Å²) in [5.41, 5.74) is 17.8. The Bertz CT molecular complexity index is 3960. The van der Waals surface area contributed by atoms with E-state index < -0.39 is 16.1 Å². The molecule has 0 unspecified atom stereocenters. The normalized spacial score (nSPS) is 15.5. The van der Waals surface area contributed by atoms with Crippen molar-refractivity contribution in [3.8, 4) is 33.4 Å². The lowest BCUT2D eigenvalue weighted by Gasteiger charge is -2.41. The molecule has 0 saturated heterocycles. The number of benzene rings is 11. The van der Waals surface area contributed by atoms with Crippen molar-refractivity contribution < 1.29 is 0 Å². The summed E-state index contributed by atoms with van der Waals surface area (Å²) in [7, 11) is -4.02. The Labute approximate surface area is 419 Å². The van der Waals surface area contributed by atoms with E-state index in [2.05, 4.69) is 268 Å². The highest BCUT2D eigenvalue weighted by atomic mass is 28.3. The maximum atomic E-state index is 2.56. The molecule has 0 fully saturated rings. The highest BCUT2D eigenvalue weighted by Gasteiger charge is 2.41. The van der Waals surface area contributed by atoms with Gasteiger partial charge in [-0.2, -0.15) is 0 Å². The number of anilines is 6. The molecular weight excluding hydrogens is 889 g/mol. The van der Waals surface area contributed by atoms with Gasteiger partial charge in [0.05, 0.1) is 0 Å². The Morgan fingerprint density at radius 2 is 0.704 bits per heavy atom. The molecule has 3 aliphatic rings. The highest BCUT2D eigenvalue weighted by Crippen LogP contribution is 2.56. The standard InChI is InChI=1S/C67H54N2Si2/c1-67(2)54-27-10-9-24-50(54)66-51(26-20-28-55(66)67)65-49-40-38-44(68-56-29-11-15-33-60(56)70(3,4)61-34-16-12-30-57(61)68)41-52(49)64(47-25-19-22-43-21-7-8-23-46(43)47)48-39-37-45(42-53(48)65)69-58-31-13-17-35-62(58)71(5,6)63-36-18-14-32-59(63)69/h7-42H,1-6H3. The van der Waals surface area contributed by atoms with Gasteiger partial charge in [0.15, 0.2) is 0 Å². The Hall–Kier alpha value is -7.77. The fourth-order valence-electron chi connectivity index (χ4n) is 13.4. The van der Waals surface area contributed by atoms with E-state index in [0.29, 0.717) is 0 Å². The summed E-state index contributed by atoms with van der Waals surface area (Å²) in [6.45, 7) is 14.8. The van der Waals surface area contributed by atoms with Crippen LogP contribution in [0.2, 0.25) is 26.2 Å². The van der Waals surface area contributed by atoms with Crippen LogP contribution in [0.1, 0.15) is 25.0 Å². The minimum atomic E-state index is -2.01. The van der Waals surface area contributed by atoms with Crippen molar-refractivity contribution in [1.29, 1.82) is 0 Å². The van der Waals surface area contributed by atoms with Crippen molar-refractivity contribution in [2.24, 2.45) is 0 Å². The van der Waals surface area contributed by atoms with Crippen LogP contribution < -0.4 is 30.5 Å². The smallest absolute Gasteiger partial charge is 0.117 e. The van der Waals surface area contributed by atoms with Crippen molar-refractivity contribution in [1.82, 2.24) is 0 Å². The van der Waals surface area contributed by atoms with Gasteiger partial charge in [-0.3, -0.25) is 0 Å². The van der Waals surface area contributed by atoms with E-state index in [1.54, 1.807) is 0 Å². The van der Waals surface area contributed by atoms with Gasteiger partial charge < -0.3 is 9.80 Å². The first-order valence-corrected chi connectivity index (χ1v) is 31.3. The molecule has 71 heavy (non-hydrogen) atoms. The molecule has 340 valence electrons. The van der Waals surface area contributed by atoms with Crippen LogP contribution in [-0.2, 0) is 5.41 Å². The summed E-state index contributed by atoms with van der Waals surface area (Å²) < 4.78 is 0. The molecule has 0 N–H and O–H groups in total. The summed E-state index contributed by atoms with van der Waals surface area (Å²) in [5.74, 6) is 0. The first-order valence-electron chi connectivity index (χ1n) is 25.3. The SMILES string of the molecule is CC1(C)c2ccccc2-c2c(-c3c4cc(N5c6ccccc6[Si](C)(C)c6ccccc65)ccc4c(-c4cccc5ccccc45)c4cc(N5c6ccccc6[Si](C)(C)c6ccccc65)ccc34)cccc21. The average molecular weight is 943 g/mol. The topological polar surface area (TPSA) is 6.48 Å². The van der Waals surface area contributed by atoms with Crippen LogP contribution in [0.4, 0.5) is 34.1 Å². The van der Waals surface area contributed by atoms with Crippen molar-refractivity contribution in [2.75, 3.05) is 9.80 Å². The second-order valence-electron chi connectivity index (χ2n) is 21.6. The molecule has 2 nitrogen and oxygen atoms in total. The molecule has 11 aromatic rings. The lowest BCUT2D eigenvalue weighted by Crippen LogP contribution is -2.58. The van der Waals surface area contributed by atoms with Crippen molar-refractivity contribution in [3.63, 3.8) is 0 Å². The summed E-state index contributed by atoms with van der Waals surface area (Å²) in [4.78, 5) is 5.11. The second-order valence-corrected chi connectivity index (χ2v) is 30.3. The number of para-hydroxylation sites is 4. The van der Waals surface area contributed by atoms with Gasteiger partial charge in [0.2, 0.25) is 0 Å². The third-order valence-corrected chi connectivity index (χ3v) is 23.9. The number of rotatable bonds is 4. The number of hydrogen-bond donors (Lipinski definition) is 0. The van der Waals surface area contributed by atoms with Crippen LogP contribution in [0.25, 0.3) is 65.7 Å². The Balaban J connectivity index is 1.14. The van der Waals surface area contributed by atoms with Crippen molar-refractivity contribution in [3.05, 3.63) is 230 Å². The van der Waals surface area contributed by atoms with Crippen LogP contribution in [0, 0.1) is 0 Å². The third kappa shape index (κ3) is 5.86. The van der Waals surface area contributed by atoms with Gasteiger partial charge in [0.1, 0.15) is 16.1 Å². The predicted octanol–water partition coefficient (Wildman–Crippen LogP) is 16.0. The Kier molecular flexibility index (Phi) is 8.97. The quantitative estimate of drug-likeness (QED) is 0.128. The van der Waals surface area contributed by atoms with Crippen LogP contribution in [-0.4, -0.2) is 16.1 Å². The zero-order valence-corrected chi connectivity index (χ0v) is 43.2. The van der Waals surface area contributed by atoms with E-state index in [4.69, 9.17) is 0 Å². The monoisotopic (exact) mass is 942 g/mol. The molecule has 4 heteroatoms. The van der Waals surface area contributed by atoms with Gasteiger partial charge in [0.25, 0.3) is 0 Å². The first-order chi connectivity index (χ1) is 34.5. The molecule has 0 radical (unpaired) electrons. The Morgan fingerprint density at radius 1 is 0.310 bits per heavy atom. The van der Waals surface area contributed by atoms with E-state index in [1.807, 2.05) is 0 Å². The minimum Gasteiger partial charge on any atom is -0.311 e. The van der Waals surface area contributed by atoms with E-state index in [1.165, 1.54) is 132 Å². The van der Waals surface area contributed by atoms with Gasteiger partial charge in [-0.05, 0) is 146 Å². The van der Waals surface area contributed by atoms with Gasteiger partial charge in [0, 0.05) is 39.5 Å². The van der Waals surface area contributed by atoms with Gasteiger partial charge in [-0.15, -0.1) is 0 Å². The van der Waals surface area contributed by atoms with E-state index in [0.717, 1.165) is 0 Å². The van der Waals surface area contributed by atoms with E-state index in [9.17, 15) is 0 Å². The fraction of sp³-hybridized carbons (Fsp3) is 0.104. The molecule has 0 aromatic heterocycles. The molecule has 2 aliphatic heterocycles. The number of nitrogens with zero attached hydrogens (tertiary/aromatic N) is 2. The molecule has 0 saturated carbocycles. The fourth-order valence-corrected chi connectivity index (χ4v) is 19.3. The van der Waals surface area contributed by atoms with Crippen LogP contribution >= 0.6 is 0 Å². The maximum absolute atomic E-state index is 2.56. The Morgan fingerprint density at radius 3 is 1.25 bits per heavy atom. The van der Waals surface area contributed by atoms with Crippen LogP contribution in [0.3, 0.4) is 0 Å². The van der Waals surface area contributed by atoms with Crippen molar-refractivity contribution >= 4 is 103 Å². The molecule has 0 atom stereocenters. The zero-order valence-electron chi connectivity index (χ0n) is 41.2. The maximum Gasteiger partial charge on any atom is 0.117 e. The third-order valence-electron chi connectivity index (χ3n) is 16.8. The molecule has 0 bridgehead atoms. The predicted molar refractivity (Wildman–Crippen MR) is 310 cm³/mol. The van der Waals surface area contributed by atoms with Gasteiger partial charge in [-0.1, -0.05) is 210 Å². The molecule has 0 amide bonds. The lowest BCUT2D eigenvalue weighted by molar-refractivity contribution is 0.660. The van der Waals surface area contributed by atoms with Gasteiger partial charge >= 0.3 is 0 Å². The molecule has 1 aliphatic carbocycles. The number of fused-ring (bicyclic) bond motifs is 10. The van der Waals surface area contributed by atoms with Crippen LogP contribution in [0.5, 0.6) is 0 Å². The van der Waals surface area contributed by atoms with Crippen molar-refractivity contribution in [2.45, 2.75) is 45.5 Å². The molecule has 14 rings (SSSR count). The molecule has 11 aromatic carbocycles. The molecular formula is C67H54N2Si2. The average Bonchev–Trinajstić information content (AvgIpc) is 3.64. The minimum absolute atomic E-state index is 0.154. The summed E-state index contributed by atoms with van der Waals surface area (Å²) in [6, 6.07) is 83.5. The highest BCUT2D eigenvalue weighted by molar-refractivity contribution is 7.03. The lowest BCUT2D eigenvalue weighted by atomic mass is 9.80.